The number of alkyl halides is 3. The van der Waals surface area contributed by atoms with Crippen molar-refractivity contribution in [3.05, 3.63) is 29.8 Å². The molecule has 10 heteroatoms. The largest absolute Gasteiger partial charge is 0.491 e. The van der Waals surface area contributed by atoms with E-state index in [0.717, 1.165) is 16.7 Å². The quantitative estimate of drug-likeness (QED) is 0.861. The maximum Gasteiger partial charge on any atom is 0.442 e. The summed E-state index contributed by atoms with van der Waals surface area (Å²) in [5.41, 5.74) is -3.31. The lowest BCUT2D eigenvalue weighted by Gasteiger charge is -2.28. The number of rotatable bonds is 4. The predicted octanol–water partition coefficient (Wildman–Crippen LogP) is 2.41. The van der Waals surface area contributed by atoms with Crippen molar-refractivity contribution in [1.29, 1.82) is 0 Å². The zero-order chi connectivity index (χ0) is 19.1. The Kier molecular flexibility index (Phi) is 4.63. The van der Waals surface area contributed by atoms with E-state index in [4.69, 9.17) is 4.74 Å². The van der Waals surface area contributed by atoms with Crippen molar-refractivity contribution >= 4 is 28.7 Å². The fourth-order valence-electron chi connectivity index (χ4n) is 2.60. The third kappa shape index (κ3) is 3.13. The number of thioether (sulfide) groups is 1. The molecule has 6 nitrogen and oxygen atoms in total. The molecule has 0 radical (unpaired) electrons. The van der Waals surface area contributed by atoms with Crippen LogP contribution < -0.4 is 10.1 Å². The van der Waals surface area contributed by atoms with Crippen molar-refractivity contribution in [2.75, 3.05) is 12.3 Å². The van der Waals surface area contributed by atoms with Crippen LogP contribution in [0.4, 0.5) is 13.2 Å². The van der Waals surface area contributed by atoms with Crippen LogP contribution in [0.2, 0.25) is 0 Å². The molecule has 0 spiro atoms. The van der Waals surface area contributed by atoms with Gasteiger partial charge in [-0.2, -0.15) is 13.2 Å². The molecule has 2 aliphatic heterocycles. The average molecular weight is 387 g/mol. The monoisotopic (exact) mass is 387 g/mol. The average Bonchev–Trinajstić information content (AvgIpc) is 3.09. The molecule has 140 valence electrons. The van der Waals surface area contributed by atoms with Gasteiger partial charge in [-0.3, -0.25) is 14.5 Å². The van der Waals surface area contributed by atoms with E-state index in [1.165, 1.54) is 24.3 Å². The van der Waals surface area contributed by atoms with Gasteiger partial charge in [-0.25, -0.2) is 4.99 Å². The maximum atomic E-state index is 13.7. The Morgan fingerprint density at radius 1 is 1.35 bits per heavy atom. The number of benzene rings is 1. The van der Waals surface area contributed by atoms with Gasteiger partial charge in [0.25, 0.3) is 11.8 Å². The summed E-state index contributed by atoms with van der Waals surface area (Å²) in [5, 5.41) is 1.77. The number of nitrogens with zero attached hydrogens (tertiary/aromatic N) is 2. The molecule has 1 aromatic carbocycles. The van der Waals surface area contributed by atoms with Crippen LogP contribution in [-0.4, -0.2) is 52.1 Å². The Hall–Kier alpha value is -2.23. The van der Waals surface area contributed by atoms with Crippen LogP contribution in [0, 0.1) is 0 Å². The Morgan fingerprint density at radius 2 is 2.00 bits per heavy atom. The van der Waals surface area contributed by atoms with Gasteiger partial charge in [0.1, 0.15) is 5.75 Å². The lowest BCUT2D eigenvalue weighted by atomic mass is 10.1. The van der Waals surface area contributed by atoms with Crippen LogP contribution in [-0.2, 0) is 4.79 Å². The third-order valence-corrected chi connectivity index (χ3v) is 4.74. The molecule has 0 unspecified atom stereocenters. The fourth-order valence-corrected chi connectivity index (χ4v) is 3.59. The van der Waals surface area contributed by atoms with Crippen molar-refractivity contribution in [3.63, 3.8) is 0 Å². The maximum absolute atomic E-state index is 13.7. The highest BCUT2D eigenvalue weighted by atomic mass is 32.2. The second-order valence-corrected chi connectivity index (χ2v) is 7.11. The highest BCUT2D eigenvalue weighted by molar-refractivity contribution is 8.14. The van der Waals surface area contributed by atoms with Gasteiger partial charge in [0.15, 0.2) is 5.17 Å². The first kappa shape index (κ1) is 18.6. The van der Waals surface area contributed by atoms with Gasteiger partial charge in [0.2, 0.25) is 0 Å². The fraction of sp³-hybridized carbons (Fsp3) is 0.438. The third-order valence-electron chi connectivity index (χ3n) is 3.79. The smallest absolute Gasteiger partial charge is 0.442 e. The number of carbonyl (C=O) groups excluding carboxylic acids is 2. The number of hydrogen-bond acceptors (Lipinski definition) is 5. The molecule has 2 heterocycles. The first-order valence-corrected chi connectivity index (χ1v) is 8.83. The van der Waals surface area contributed by atoms with E-state index in [2.05, 4.69) is 4.99 Å². The highest BCUT2D eigenvalue weighted by Gasteiger charge is 2.67. The van der Waals surface area contributed by atoms with Crippen molar-refractivity contribution in [2.24, 2.45) is 4.99 Å². The topological polar surface area (TPSA) is 71.0 Å². The molecular formula is C16H16F3N3O3S. The van der Waals surface area contributed by atoms with Crippen molar-refractivity contribution in [1.82, 2.24) is 10.2 Å². The number of carbonyl (C=O) groups is 2. The summed E-state index contributed by atoms with van der Waals surface area (Å²) in [6, 6.07) is 5.62. The molecule has 1 aromatic rings. The summed E-state index contributed by atoms with van der Waals surface area (Å²) in [5.74, 6) is -1.36. The lowest BCUT2D eigenvalue weighted by molar-refractivity contribution is -0.196. The Labute approximate surface area is 151 Å². The molecule has 1 atom stereocenters. The van der Waals surface area contributed by atoms with Crippen molar-refractivity contribution in [3.8, 4) is 5.75 Å². The minimum absolute atomic E-state index is 0.0201. The molecule has 1 fully saturated rings. The SMILES string of the molecule is CC(C)Oc1ccc(C(=O)N[C@@]2(C(F)(F)F)N=C3SCCN3C2=O)cc1. The van der Waals surface area contributed by atoms with Crippen molar-refractivity contribution in [2.45, 2.75) is 31.8 Å². The summed E-state index contributed by atoms with van der Waals surface area (Å²) in [6.45, 7) is 3.78. The Balaban J connectivity index is 1.86. The summed E-state index contributed by atoms with van der Waals surface area (Å²) < 4.78 is 46.4. The molecule has 1 saturated heterocycles. The second kappa shape index (κ2) is 6.49. The van der Waals surface area contributed by atoms with Gasteiger partial charge in [0.05, 0.1) is 6.10 Å². The number of halogens is 3. The van der Waals surface area contributed by atoms with Crippen LogP contribution in [0.25, 0.3) is 0 Å². The number of aliphatic imine (C=N–C) groups is 1. The molecule has 2 amide bonds. The van der Waals surface area contributed by atoms with Gasteiger partial charge in [-0.05, 0) is 38.1 Å². The van der Waals surface area contributed by atoms with Gasteiger partial charge in [0, 0.05) is 17.9 Å². The van der Waals surface area contributed by atoms with Crippen LogP contribution in [0.3, 0.4) is 0 Å². The van der Waals surface area contributed by atoms with Crippen LogP contribution in [0.1, 0.15) is 24.2 Å². The molecule has 0 saturated carbocycles. The van der Waals surface area contributed by atoms with E-state index in [9.17, 15) is 22.8 Å². The number of fused-ring (bicyclic) bond motifs is 1. The number of amidine groups is 1. The number of ether oxygens (including phenoxy) is 1. The molecule has 1 N–H and O–H groups in total. The molecule has 26 heavy (non-hydrogen) atoms. The molecular weight excluding hydrogens is 371 g/mol. The molecule has 0 aromatic heterocycles. The van der Waals surface area contributed by atoms with E-state index in [-0.39, 0.29) is 23.4 Å². The minimum atomic E-state index is -5.06. The second-order valence-electron chi connectivity index (χ2n) is 6.05. The van der Waals surface area contributed by atoms with Crippen LogP contribution >= 0.6 is 11.8 Å². The number of amides is 2. The zero-order valence-corrected chi connectivity index (χ0v) is 14.8. The zero-order valence-electron chi connectivity index (χ0n) is 14.0. The summed E-state index contributed by atoms with van der Waals surface area (Å²) >= 11 is 1.05. The summed E-state index contributed by atoms with van der Waals surface area (Å²) in [4.78, 5) is 29.2. The molecule has 3 rings (SSSR count). The lowest BCUT2D eigenvalue weighted by Crippen LogP contribution is -2.63. The van der Waals surface area contributed by atoms with Gasteiger partial charge >= 0.3 is 11.8 Å². The minimum Gasteiger partial charge on any atom is -0.491 e. The van der Waals surface area contributed by atoms with E-state index in [1.807, 2.05) is 13.8 Å². The first-order chi connectivity index (χ1) is 12.1. The van der Waals surface area contributed by atoms with Crippen LogP contribution in [0.15, 0.2) is 29.3 Å². The van der Waals surface area contributed by atoms with Crippen LogP contribution in [0.5, 0.6) is 5.75 Å². The molecule has 0 bridgehead atoms. The van der Waals surface area contributed by atoms with Gasteiger partial charge in [-0.15, -0.1) is 0 Å². The molecule has 0 aliphatic carbocycles. The van der Waals surface area contributed by atoms with E-state index >= 15 is 0 Å². The predicted molar refractivity (Wildman–Crippen MR) is 90.1 cm³/mol. The summed E-state index contributed by atoms with van der Waals surface area (Å²) in [7, 11) is 0. The normalized spacial score (nSPS) is 22.5. The highest BCUT2D eigenvalue weighted by Crippen LogP contribution is 2.41. The standard InChI is InChI=1S/C16H16F3N3O3S/c1-9(2)25-11-5-3-10(4-6-11)12(23)20-15(16(17,18)19)13(24)22-7-8-26-14(22)21-15/h3-6,9H,7-8H2,1-2H3,(H,20,23)/t15-/m1/s1. The van der Waals surface area contributed by atoms with E-state index in [0.29, 0.717) is 11.5 Å². The Morgan fingerprint density at radius 3 is 2.54 bits per heavy atom. The Bertz CT molecular complexity index is 764. The van der Waals surface area contributed by atoms with Gasteiger partial charge < -0.3 is 10.1 Å². The summed E-state index contributed by atoms with van der Waals surface area (Å²) in [6.07, 6.45) is -5.14. The van der Waals surface area contributed by atoms with Gasteiger partial charge in [-0.1, -0.05) is 11.8 Å². The first-order valence-electron chi connectivity index (χ1n) is 7.84. The van der Waals surface area contributed by atoms with E-state index < -0.39 is 23.7 Å². The molecule has 2 aliphatic rings. The van der Waals surface area contributed by atoms with Crippen molar-refractivity contribution < 1.29 is 27.5 Å². The number of hydrogen-bond donors (Lipinski definition) is 1. The number of nitrogens with one attached hydrogen (secondary N) is 1. The van der Waals surface area contributed by atoms with E-state index in [1.54, 1.807) is 5.32 Å².